The van der Waals surface area contributed by atoms with E-state index >= 15 is 0 Å². The monoisotopic (exact) mass is 227 g/mol. The van der Waals surface area contributed by atoms with Crippen LogP contribution < -0.4 is 0 Å². The van der Waals surface area contributed by atoms with Crippen LogP contribution in [0.4, 0.5) is 4.79 Å². The average molecular weight is 227 g/mol. The van der Waals surface area contributed by atoms with Gasteiger partial charge in [-0.2, -0.15) is 0 Å². The topological polar surface area (TPSA) is 55.8 Å². The summed E-state index contributed by atoms with van der Waals surface area (Å²) < 4.78 is 10.6. The highest BCUT2D eigenvalue weighted by Gasteiger charge is 2.52. The number of nitrogens with zero attached hydrogens (tertiary/aromatic N) is 1. The normalized spacial score (nSPS) is 23.4. The first-order valence-corrected chi connectivity index (χ1v) is 5.43. The Kier molecular flexibility index (Phi) is 2.45. The van der Waals surface area contributed by atoms with E-state index in [0.29, 0.717) is 19.5 Å². The van der Waals surface area contributed by atoms with Gasteiger partial charge >= 0.3 is 6.09 Å². The zero-order valence-corrected chi connectivity index (χ0v) is 9.91. The van der Waals surface area contributed by atoms with Crippen LogP contribution in [0.1, 0.15) is 27.2 Å². The van der Waals surface area contributed by atoms with Crippen LogP contribution in [0, 0.1) is 0 Å². The van der Waals surface area contributed by atoms with Gasteiger partial charge in [0.05, 0.1) is 13.1 Å². The maximum absolute atomic E-state index is 11.6. The quantitative estimate of drug-likeness (QED) is 0.618. The van der Waals surface area contributed by atoms with Crippen LogP contribution in [0.3, 0.4) is 0 Å². The Morgan fingerprint density at radius 1 is 1.44 bits per heavy atom. The van der Waals surface area contributed by atoms with Gasteiger partial charge in [0.15, 0.2) is 5.78 Å². The van der Waals surface area contributed by atoms with Gasteiger partial charge in [0.2, 0.25) is 0 Å². The van der Waals surface area contributed by atoms with Crippen molar-refractivity contribution in [2.75, 3.05) is 19.7 Å². The Bertz CT molecular complexity index is 325. The highest BCUT2D eigenvalue weighted by Crippen LogP contribution is 2.34. The van der Waals surface area contributed by atoms with Crippen LogP contribution in [0.15, 0.2) is 0 Å². The average Bonchev–Trinajstić information content (AvgIpc) is 2.41. The molecule has 0 radical (unpaired) electrons. The molecule has 5 heteroatoms. The minimum Gasteiger partial charge on any atom is -0.444 e. The fourth-order valence-corrected chi connectivity index (χ4v) is 2.00. The van der Waals surface area contributed by atoms with Crippen molar-refractivity contribution >= 4 is 11.9 Å². The lowest BCUT2D eigenvalue weighted by molar-refractivity contribution is -0.118. The third kappa shape index (κ3) is 2.19. The van der Waals surface area contributed by atoms with E-state index in [1.165, 1.54) is 0 Å². The Morgan fingerprint density at radius 2 is 2.06 bits per heavy atom. The number of likely N-dealkylation sites (tertiary alicyclic amines) is 1. The van der Waals surface area contributed by atoms with E-state index in [2.05, 4.69) is 0 Å². The number of ether oxygens (including phenoxy) is 2. The van der Waals surface area contributed by atoms with Crippen molar-refractivity contribution in [2.45, 2.75) is 38.4 Å². The minimum atomic E-state index is -0.480. The maximum atomic E-state index is 11.6. The molecule has 2 rings (SSSR count). The highest BCUT2D eigenvalue weighted by atomic mass is 16.6. The fraction of sp³-hybridized carbons (Fsp3) is 0.818. The zero-order valence-electron chi connectivity index (χ0n) is 9.91. The number of ketones is 1. The summed E-state index contributed by atoms with van der Waals surface area (Å²) in [6, 6.07) is 0. The largest absolute Gasteiger partial charge is 0.444 e. The van der Waals surface area contributed by atoms with E-state index in [1.54, 1.807) is 4.90 Å². The smallest absolute Gasteiger partial charge is 0.410 e. The maximum Gasteiger partial charge on any atom is 0.410 e. The Hall–Kier alpha value is -1.10. The third-order valence-corrected chi connectivity index (χ3v) is 2.67. The van der Waals surface area contributed by atoms with E-state index in [4.69, 9.17) is 9.47 Å². The van der Waals surface area contributed by atoms with Gasteiger partial charge in [-0.1, -0.05) is 0 Å². The Morgan fingerprint density at radius 3 is 2.50 bits per heavy atom. The van der Waals surface area contributed by atoms with Crippen LogP contribution in [-0.2, 0) is 14.3 Å². The molecule has 0 unspecified atom stereocenters. The first kappa shape index (κ1) is 11.4. The molecule has 0 saturated carbocycles. The SMILES string of the molecule is CC(C)(C)OC(=O)N1CC2(CC(=O)CO2)C1. The molecule has 0 aromatic rings. The number of carbonyl (C=O) groups is 2. The van der Waals surface area contributed by atoms with Crippen molar-refractivity contribution in [3.8, 4) is 0 Å². The summed E-state index contributed by atoms with van der Waals surface area (Å²) in [4.78, 5) is 24.3. The second-order valence-corrected chi connectivity index (χ2v) is 5.52. The molecule has 0 bridgehead atoms. The molecule has 0 N–H and O–H groups in total. The predicted molar refractivity (Wildman–Crippen MR) is 56.1 cm³/mol. The van der Waals surface area contributed by atoms with Gasteiger partial charge in [-0.05, 0) is 20.8 Å². The van der Waals surface area contributed by atoms with Crippen molar-refractivity contribution in [2.24, 2.45) is 0 Å². The fourth-order valence-electron chi connectivity index (χ4n) is 2.00. The summed E-state index contributed by atoms with van der Waals surface area (Å²) in [5.74, 6) is 0.115. The highest BCUT2D eigenvalue weighted by molar-refractivity contribution is 5.83. The van der Waals surface area contributed by atoms with Crippen molar-refractivity contribution in [1.29, 1.82) is 0 Å². The molecule has 2 aliphatic rings. The second kappa shape index (κ2) is 3.45. The van der Waals surface area contributed by atoms with E-state index in [9.17, 15) is 9.59 Å². The molecule has 2 fully saturated rings. The summed E-state index contributed by atoms with van der Waals surface area (Å²) in [6.07, 6.45) is 0.0906. The van der Waals surface area contributed by atoms with Crippen molar-refractivity contribution in [1.82, 2.24) is 4.90 Å². The standard InChI is InChI=1S/C11H17NO4/c1-10(2,3)16-9(14)12-6-11(7-12)4-8(13)5-15-11/h4-7H2,1-3H3. The lowest BCUT2D eigenvalue weighted by atomic mass is 9.91. The number of rotatable bonds is 0. The second-order valence-electron chi connectivity index (χ2n) is 5.52. The molecule has 2 saturated heterocycles. The number of hydrogen-bond donors (Lipinski definition) is 0. The summed E-state index contributed by atoms with van der Waals surface area (Å²) >= 11 is 0. The van der Waals surface area contributed by atoms with E-state index in [1.807, 2.05) is 20.8 Å². The summed E-state index contributed by atoms with van der Waals surface area (Å²) in [5.41, 5.74) is -0.889. The molecule has 2 aliphatic heterocycles. The zero-order chi connectivity index (χ0) is 12.0. The van der Waals surface area contributed by atoms with Crippen LogP contribution in [0.2, 0.25) is 0 Å². The van der Waals surface area contributed by atoms with Gasteiger partial charge in [-0.15, -0.1) is 0 Å². The molecular formula is C11H17NO4. The molecule has 16 heavy (non-hydrogen) atoms. The number of amides is 1. The molecule has 1 amide bonds. The molecule has 90 valence electrons. The molecular weight excluding hydrogens is 210 g/mol. The molecule has 0 atom stereocenters. The van der Waals surface area contributed by atoms with Gasteiger partial charge in [-0.25, -0.2) is 4.79 Å². The molecule has 0 aromatic heterocycles. The number of carbonyl (C=O) groups excluding carboxylic acids is 2. The van der Waals surface area contributed by atoms with Gasteiger partial charge in [0, 0.05) is 6.42 Å². The number of Topliss-reactive ketones (excluding diaryl/α,β-unsaturated/α-hetero) is 1. The molecule has 0 aromatic carbocycles. The van der Waals surface area contributed by atoms with Gasteiger partial charge in [0.25, 0.3) is 0 Å². The van der Waals surface area contributed by atoms with Crippen molar-refractivity contribution < 1.29 is 19.1 Å². The van der Waals surface area contributed by atoms with Crippen LogP contribution in [-0.4, -0.2) is 47.7 Å². The van der Waals surface area contributed by atoms with E-state index < -0.39 is 11.2 Å². The Balaban J connectivity index is 1.84. The third-order valence-electron chi connectivity index (χ3n) is 2.67. The molecule has 2 heterocycles. The minimum absolute atomic E-state index is 0.115. The molecule has 5 nitrogen and oxygen atoms in total. The lowest BCUT2D eigenvalue weighted by Crippen LogP contribution is -2.63. The van der Waals surface area contributed by atoms with Crippen LogP contribution >= 0.6 is 0 Å². The summed E-state index contributed by atoms with van der Waals surface area (Å²) in [7, 11) is 0. The van der Waals surface area contributed by atoms with Crippen LogP contribution in [0.5, 0.6) is 0 Å². The lowest BCUT2D eigenvalue weighted by Gasteiger charge is -2.46. The van der Waals surface area contributed by atoms with Gasteiger partial charge < -0.3 is 14.4 Å². The first-order chi connectivity index (χ1) is 7.30. The Labute approximate surface area is 94.7 Å². The van der Waals surface area contributed by atoms with Crippen LogP contribution in [0.25, 0.3) is 0 Å². The molecule has 1 spiro atoms. The first-order valence-electron chi connectivity index (χ1n) is 5.43. The number of hydrogen-bond acceptors (Lipinski definition) is 4. The van der Waals surface area contributed by atoms with Crippen molar-refractivity contribution in [3.63, 3.8) is 0 Å². The van der Waals surface area contributed by atoms with Gasteiger partial charge in [0.1, 0.15) is 17.8 Å². The van der Waals surface area contributed by atoms with E-state index in [0.717, 1.165) is 0 Å². The predicted octanol–water partition coefficient (Wildman–Crippen LogP) is 0.965. The van der Waals surface area contributed by atoms with Gasteiger partial charge in [-0.3, -0.25) is 4.79 Å². The summed E-state index contributed by atoms with van der Waals surface area (Å²) in [5, 5.41) is 0. The molecule has 0 aliphatic carbocycles. The summed E-state index contributed by atoms with van der Waals surface area (Å²) in [6.45, 7) is 6.60. The van der Waals surface area contributed by atoms with Crippen molar-refractivity contribution in [3.05, 3.63) is 0 Å². The van der Waals surface area contributed by atoms with E-state index in [-0.39, 0.29) is 18.5 Å².